The van der Waals surface area contributed by atoms with Crippen LogP contribution in [0.2, 0.25) is 0 Å². The Labute approximate surface area is 74.9 Å². The second-order valence-corrected chi connectivity index (χ2v) is 3.17. The fourth-order valence-corrected chi connectivity index (χ4v) is 1.44. The molecule has 66 valence electrons. The minimum atomic E-state index is 1.19. The summed E-state index contributed by atoms with van der Waals surface area (Å²) < 4.78 is 0. The summed E-state index contributed by atoms with van der Waals surface area (Å²) in [7, 11) is 0. The Kier molecular flexibility index (Phi) is 3.78. The quantitative estimate of drug-likeness (QED) is 0.553. The first-order chi connectivity index (χ1) is 5.84. The highest BCUT2D eigenvalue weighted by Crippen LogP contribution is 2.18. The number of rotatable bonds is 2. The average Bonchev–Trinajstić information content (AvgIpc) is 2.15. The largest absolute Gasteiger partial charge is 0.262 e. The molecule has 1 heteroatoms. The number of hydrogen-bond acceptors (Lipinski definition) is 1. The van der Waals surface area contributed by atoms with Crippen LogP contribution in [0.25, 0.3) is 0 Å². The van der Waals surface area contributed by atoms with E-state index in [1.807, 2.05) is 19.2 Å². The molecule has 1 aliphatic carbocycles. The van der Waals surface area contributed by atoms with Crippen LogP contribution in [0.15, 0.2) is 28.9 Å². The summed E-state index contributed by atoms with van der Waals surface area (Å²) in [6.07, 6.45) is 11.3. The zero-order valence-corrected chi connectivity index (χ0v) is 8.01. The molecule has 0 aromatic rings. The molecule has 0 atom stereocenters. The Morgan fingerprint density at radius 3 is 2.92 bits per heavy atom. The van der Waals surface area contributed by atoms with Gasteiger partial charge in [-0.2, -0.15) is 0 Å². The van der Waals surface area contributed by atoms with Gasteiger partial charge in [-0.3, -0.25) is 4.99 Å². The van der Waals surface area contributed by atoms with E-state index in [1.165, 1.54) is 37.0 Å². The van der Waals surface area contributed by atoms with Crippen LogP contribution in [0, 0.1) is 0 Å². The van der Waals surface area contributed by atoms with Crippen molar-refractivity contribution < 1.29 is 0 Å². The third kappa shape index (κ3) is 2.65. The highest BCUT2D eigenvalue weighted by molar-refractivity contribution is 5.98. The summed E-state index contributed by atoms with van der Waals surface area (Å²) >= 11 is 0. The molecule has 0 saturated heterocycles. The molecule has 0 radical (unpaired) electrons. The molecule has 0 N–H and O–H groups in total. The first-order valence-electron chi connectivity index (χ1n) is 4.69. The van der Waals surface area contributed by atoms with Crippen molar-refractivity contribution in [1.29, 1.82) is 0 Å². The minimum Gasteiger partial charge on any atom is -0.262 e. The molecule has 0 fully saturated rings. The Morgan fingerprint density at radius 1 is 1.50 bits per heavy atom. The van der Waals surface area contributed by atoms with E-state index >= 15 is 0 Å². The molecule has 12 heavy (non-hydrogen) atoms. The van der Waals surface area contributed by atoms with Crippen molar-refractivity contribution in [3.63, 3.8) is 0 Å². The highest BCUT2D eigenvalue weighted by Gasteiger charge is 2.04. The lowest BCUT2D eigenvalue weighted by atomic mass is 9.97. The number of nitrogens with zero attached hydrogens (tertiary/aromatic N) is 1. The fourth-order valence-electron chi connectivity index (χ4n) is 1.44. The molecule has 0 saturated carbocycles. The molecule has 0 heterocycles. The Hall–Kier alpha value is -0.850. The number of aliphatic imine (C=N–C) groups is 1. The van der Waals surface area contributed by atoms with E-state index in [-0.39, 0.29) is 0 Å². The van der Waals surface area contributed by atoms with Gasteiger partial charge in [0, 0.05) is 11.9 Å². The normalized spacial score (nSPS) is 19.8. The summed E-state index contributed by atoms with van der Waals surface area (Å²) in [4.78, 5) is 4.33. The van der Waals surface area contributed by atoms with Gasteiger partial charge in [0.1, 0.15) is 0 Å². The fraction of sp³-hybridized carbons (Fsp3) is 0.545. The SMILES string of the molecule is C/C=C/N=C(C)C1=CCCCC1. The smallest absolute Gasteiger partial charge is 0.0401 e. The van der Waals surface area contributed by atoms with Crippen molar-refractivity contribution in [3.8, 4) is 0 Å². The van der Waals surface area contributed by atoms with Crippen LogP contribution >= 0.6 is 0 Å². The predicted octanol–water partition coefficient (Wildman–Crippen LogP) is 3.48. The molecule has 0 spiro atoms. The molecular formula is C11H17N. The van der Waals surface area contributed by atoms with E-state index in [9.17, 15) is 0 Å². The van der Waals surface area contributed by atoms with Gasteiger partial charge in [0.15, 0.2) is 0 Å². The zero-order valence-electron chi connectivity index (χ0n) is 8.01. The first-order valence-corrected chi connectivity index (χ1v) is 4.69. The first kappa shape index (κ1) is 9.24. The third-order valence-corrected chi connectivity index (χ3v) is 2.17. The van der Waals surface area contributed by atoms with Crippen LogP contribution < -0.4 is 0 Å². The van der Waals surface area contributed by atoms with Crippen molar-refractivity contribution >= 4 is 5.71 Å². The van der Waals surface area contributed by atoms with Crippen molar-refractivity contribution in [2.24, 2.45) is 4.99 Å². The van der Waals surface area contributed by atoms with E-state index < -0.39 is 0 Å². The molecule has 0 aromatic heterocycles. The molecule has 0 bridgehead atoms. The van der Waals surface area contributed by atoms with Gasteiger partial charge in [-0.15, -0.1) is 0 Å². The molecule has 0 aliphatic heterocycles. The molecule has 0 amide bonds. The van der Waals surface area contributed by atoms with Gasteiger partial charge in [0.2, 0.25) is 0 Å². The van der Waals surface area contributed by atoms with Gasteiger partial charge >= 0.3 is 0 Å². The van der Waals surface area contributed by atoms with E-state index in [2.05, 4.69) is 18.0 Å². The lowest BCUT2D eigenvalue weighted by molar-refractivity contribution is 0.717. The Bertz CT molecular complexity index is 221. The highest BCUT2D eigenvalue weighted by atomic mass is 14.7. The lowest BCUT2D eigenvalue weighted by Crippen LogP contribution is -2.00. The summed E-state index contributed by atoms with van der Waals surface area (Å²) in [6, 6.07) is 0. The number of allylic oxidation sites excluding steroid dienone is 3. The van der Waals surface area contributed by atoms with Gasteiger partial charge in [-0.25, -0.2) is 0 Å². The standard InChI is InChI=1S/C11H17N/c1-3-9-12-10(2)11-7-5-4-6-8-11/h3,7,9H,4-6,8H2,1-2H3/b9-3+,12-10?. The van der Waals surface area contributed by atoms with Gasteiger partial charge < -0.3 is 0 Å². The molecular weight excluding hydrogens is 146 g/mol. The van der Waals surface area contributed by atoms with Crippen LogP contribution in [-0.4, -0.2) is 5.71 Å². The van der Waals surface area contributed by atoms with E-state index in [0.29, 0.717) is 0 Å². The third-order valence-electron chi connectivity index (χ3n) is 2.17. The van der Waals surface area contributed by atoms with Crippen LogP contribution in [-0.2, 0) is 0 Å². The Morgan fingerprint density at radius 2 is 2.33 bits per heavy atom. The second-order valence-electron chi connectivity index (χ2n) is 3.17. The average molecular weight is 163 g/mol. The summed E-state index contributed by atoms with van der Waals surface area (Å²) in [5.41, 5.74) is 2.63. The summed E-state index contributed by atoms with van der Waals surface area (Å²) in [5, 5.41) is 0. The van der Waals surface area contributed by atoms with Crippen molar-refractivity contribution in [2.45, 2.75) is 39.5 Å². The lowest BCUT2D eigenvalue weighted by Gasteiger charge is -2.11. The number of hydrogen-bond donors (Lipinski definition) is 0. The van der Waals surface area contributed by atoms with Gasteiger partial charge in [-0.1, -0.05) is 12.2 Å². The predicted molar refractivity (Wildman–Crippen MR) is 54.5 cm³/mol. The Balaban J connectivity index is 2.61. The van der Waals surface area contributed by atoms with Crippen LogP contribution in [0.5, 0.6) is 0 Å². The van der Waals surface area contributed by atoms with Gasteiger partial charge in [-0.05, 0) is 45.1 Å². The van der Waals surface area contributed by atoms with Crippen molar-refractivity contribution in [1.82, 2.24) is 0 Å². The zero-order chi connectivity index (χ0) is 8.81. The van der Waals surface area contributed by atoms with Crippen LogP contribution in [0.3, 0.4) is 0 Å². The van der Waals surface area contributed by atoms with E-state index in [0.717, 1.165) is 0 Å². The molecule has 1 rings (SSSR count). The molecule has 1 nitrogen and oxygen atoms in total. The maximum absolute atomic E-state index is 4.33. The molecule has 0 unspecified atom stereocenters. The second kappa shape index (κ2) is 4.91. The van der Waals surface area contributed by atoms with Crippen LogP contribution in [0.4, 0.5) is 0 Å². The summed E-state index contributed by atoms with van der Waals surface area (Å²) in [5.74, 6) is 0. The maximum atomic E-state index is 4.33. The van der Waals surface area contributed by atoms with E-state index in [4.69, 9.17) is 0 Å². The van der Waals surface area contributed by atoms with Gasteiger partial charge in [0.25, 0.3) is 0 Å². The van der Waals surface area contributed by atoms with E-state index in [1.54, 1.807) is 0 Å². The van der Waals surface area contributed by atoms with Gasteiger partial charge in [0.05, 0.1) is 0 Å². The molecule has 1 aliphatic rings. The minimum absolute atomic E-state index is 1.19. The monoisotopic (exact) mass is 163 g/mol. The summed E-state index contributed by atoms with van der Waals surface area (Å²) in [6.45, 7) is 4.09. The van der Waals surface area contributed by atoms with Crippen molar-refractivity contribution in [2.75, 3.05) is 0 Å². The molecule has 0 aromatic carbocycles. The maximum Gasteiger partial charge on any atom is 0.0401 e. The van der Waals surface area contributed by atoms with Crippen molar-refractivity contribution in [3.05, 3.63) is 23.9 Å². The van der Waals surface area contributed by atoms with Crippen LogP contribution in [0.1, 0.15) is 39.5 Å². The topological polar surface area (TPSA) is 12.4 Å².